The molecule has 0 saturated heterocycles. The summed E-state index contributed by atoms with van der Waals surface area (Å²) in [4.78, 5) is 40.7. The Balaban J connectivity index is 0.00000225. The van der Waals surface area contributed by atoms with Crippen LogP contribution in [-0.4, -0.2) is 34.7 Å². The first-order valence-electron chi connectivity index (χ1n) is 7.33. The van der Waals surface area contributed by atoms with Crippen LogP contribution in [0.15, 0.2) is 36.5 Å². The van der Waals surface area contributed by atoms with Crippen LogP contribution in [0.2, 0.25) is 0 Å². The predicted molar refractivity (Wildman–Crippen MR) is 92.7 cm³/mol. The molecule has 130 valence electrons. The largest absolute Gasteiger partial charge is 0.426 e. The van der Waals surface area contributed by atoms with Crippen molar-refractivity contribution in [3.05, 3.63) is 53.2 Å². The first-order chi connectivity index (χ1) is 11.5. The number of esters is 1. The van der Waals surface area contributed by atoms with E-state index in [-0.39, 0.29) is 36.0 Å². The van der Waals surface area contributed by atoms with Crippen molar-refractivity contribution in [1.29, 1.82) is 0 Å². The highest BCUT2D eigenvalue weighted by Gasteiger charge is 2.33. The van der Waals surface area contributed by atoms with Gasteiger partial charge in [0.25, 0.3) is 11.8 Å². The van der Waals surface area contributed by atoms with Gasteiger partial charge < -0.3 is 10.5 Å². The van der Waals surface area contributed by atoms with Crippen LogP contribution in [0.4, 0.5) is 5.82 Å². The number of aryl methyl sites for hydroxylation is 1. The van der Waals surface area contributed by atoms with Gasteiger partial charge in [-0.3, -0.25) is 19.3 Å². The summed E-state index contributed by atoms with van der Waals surface area (Å²) in [5, 5.41) is 0. The van der Waals surface area contributed by atoms with Crippen LogP contribution in [0.25, 0.3) is 0 Å². The second-order valence-electron chi connectivity index (χ2n) is 5.44. The van der Waals surface area contributed by atoms with Crippen molar-refractivity contribution in [2.45, 2.75) is 12.8 Å². The van der Waals surface area contributed by atoms with Crippen molar-refractivity contribution in [2.24, 2.45) is 0 Å². The van der Waals surface area contributed by atoms with Gasteiger partial charge in [0, 0.05) is 13.2 Å². The van der Waals surface area contributed by atoms with Crippen LogP contribution < -0.4 is 10.5 Å². The van der Waals surface area contributed by atoms with E-state index in [1.54, 1.807) is 18.3 Å². The number of imide groups is 1. The summed E-state index contributed by atoms with van der Waals surface area (Å²) in [5.74, 6) is -0.532. The number of nitrogens with zero attached hydrogens (tertiary/aromatic N) is 2. The second kappa shape index (κ2) is 7.31. The normalized spacial score (nSPS) is 12.6. The Labute approximate surface area is 150 Å². The lowest BCUT2D eigenvalue weighted by atomic mass is 10.1. The Morgan fingerprint density at radius 3 is 2.56 bits per heavy atom. The molecule has 1 aromatic heterocycles. The average Bonchev–Trinajstić information content (AvgIpc) is 2.79. The van der Waals surface area contributed by atoms with Crippen molar-refractivity contribution in [2.75, 3.05) is 12.8 Å². The Hall–Kier alpha value is -2.93. The topological polar surface area (TPSA) is 103 Å². The van der Waals surface area contributed by atoms with Crippen LogP contribution >= 0.6 is 12.4 Å². The maximum absolute atomic E-state index is 11.9. The molecule has 0 spiro atoms. The third-order valence-electron chi connectivity index (χ3n) is 3.76. The third-order valence-corrected chi connectivity index (χ3v) is 3.76. The summed E-state index contributed by atoms with van der Waals surface area (Å²) in [5.41, 5.74) is 6.94. The van der Waals surface area contributed by atoms with Crippen LogP contribution in [0.1, 0.15) is 32.7 Å². The molecule has 25 heavy (non-hydrogen) atoms. The lowest BCUT2D eigenvalue weighted by Crippen LogP contribution is -2.24. The zero-order chi connectivity index (χ0) is 17.3. The molecule has 3 rings (SSSR count). The average molecular weight is 362 g/mol. The van der Waals surface area contributed by atoms with Crippen LogP contribution in [-0.2, 0) is 11.2 Å². The van der Waals surface area contributed by atoms with Crippen LogP contribution in [0, 0.1) is 0 Å². The van der Waals surface area contributed by atoms with Crippen molar-refractivity contribution in [1.82, 2.24) is 9.88 Å². The third kappa shape index (κ3) is 3.77. The number of hydrogen-bond donors (Lipinski definition) is 1. The number of nitrogens with two attached hydrogens (primary N) is 1. The molecule has 8 heteroatoms. The molecule has 7 nitrogen and oxygen atoms in total. The molecule has 0 saturated carbocycles. The minimum Gasteiger partial charge on any atom is -0.426 e. The van der Waals surface area contributed by atoms with E-state index in [2.05, 4.69) is 4.98 Å². The molecule has 0 radical (unpaired) electrons. The summed E-state index contributed by atoms with van der Waals surface area (Å²) >= 11 is 0. The number of pyridine rings is 1. The van der Waals surface area contributed by atoms with Crippen molar-refractivity contribution >= 4 is 36.0 Å². The first-order valence-corrected chi connectivity index (χ1v) is 7.33. The molecule has 0 bridgehead atoms. The summed E-state index contributed by atoms with van der Waals surface area (Å²) in [6.45, 7) is 0. The van der Waals surface area contributed by atoms with E-state index >= 15 is 0 Å². The zero-order valence-electron chi connectivity index (χ0n) is 13.4. The molecule has 0 unspecified atom stereocenters. The number of halogens is 1. The first kappa shape index (κ1) is 18.4. The van der Waals surface area contributed by atoms with E-state index in [4.69, 9.17) is 10.5 Å². The number of fused-ring (bicyclic) bond motifs is 1. The van der Waals surface area contributed by atoms with E-state index in [1.807, 2.05) is 0 Å². The van der Waals surface area contributed by atoms with E-state index < -0.39 is 11.9 Å². The van der Waals surface area contributed by atoms with Gasteiger partial charge in [0.05, 0.1) is 17.5 Å². The Morgan fingerprint density at radius 2 is 1.88 bits per heavy atom. The van der Waals surface area contributed by atoms with Gasteiger partial charge >= 0.3 is 5.97 Å². The predicted octanol–water partition coefficient (Wildman–Crippen LogP) is 1.85. The van der Waals surface area contributed by atoms with Gasteiger partial charge in [-0.1, -0.05) is 6.07 Å². The molecule has 2 amide bonds. The maximum atomic E-state index is 11.9. The number of anilines is 1. The number of carbonyl (C=O) groups is 3. The molecule has 1 aliphatic heterocycles. The summed E-state index contributed by atoms with van der Waals surface area (Å²) in [6, 6.07) is 7.88. The van der Waals surface area contributed by atoms with E-state index in [0.717, 1.165) is 10.5 Å². The van der Waals surface area contributed by atoms with Crippen LogP contribution in [0.3, 0.4) is 0 Å². The fourth-order valence-corrected chi connectivity index (χ4v) is 2.42. The maximum Gasteiger partial charge on any atom is 0.311 e. The van der Waals surface area contributed by atoms with Crippen LogP contribution in [0.5, 0.6) is 5.75 Å². The summed E-state index contributed by atoms with van der Waals surface area (Å²) in [7, 11) is 1.41. The highest BCUT2D eigenvalue weighted by molar-refractivity contribution is 6.21. The standard InChI is InChI=1S/C17H15N3O4.ClH/c1-20-16(22)12-5-4-11(8-13(12)17(20)23)24-15(21)7-3-10-2-6-14(18)19-9-10;/h2,4-6,8-9H,3,7H2,1H3,(H2,18,19);1H. The Kier molecular flexibility index (Phi) is 5.38. The summed E-state index contributed by atoms with van der Waals surface area (Å²) in [6.07, 6.45) is 2.24. The van der Waals surface area contributed by atoms with Gasteiger partial charge in [0.1, 0.15) is 11.6 Å². The number of carbonyl (C=O) groups excluding carboxylic acids is 3. The monoisotopic (exact) mass is 361 g/mol. The highest BCUT2D eigenvalue weighted by Crippen LogP contribution is 2.26. The number of amides is 2. The van der Waals surface area contributed by atoms with E-state index in [0.29, 0.717) is 17.8 Å². The SMILES string of the molecule is CN1C(=O)c2ccc(OC(=O)CCc3ccc(N)nc3)cc2C1=O.Cl. The van der Waals surface area contributed by atoms with Crippen molar-refractivity contribution in [3.63, 3.8) is 0 Å². The second-order valence-corrected chi connectivity index (χ2v) is 5.44. The minimum atomic E-state index is -0.433. The lowest BCUT2D eigenvalue weighted by Gasteiger charge is -2.05. The number of benzene rings is 1. The highest BCUT2D eigenvalue weighted by atomic mass is 35.5. The minimum absolute atomic E-state index is 0. The molecular weight excluding hydrogens is 346 g/mol. The van der Waals surface area contributed by atoms with Gasteiger partial charge in [0.2, 0.25) is 0 Å². The summed E-state index contributed by atoms with van der Waals surface area (Å²) < 4.78 is 5.24. The molecule has 2 N–H and O–H groups in total. The van der Waals surface area contributed by atoms with Gasteiger partial charge in [-0.25, -0.2) is 4.98 Å². The molecule has 0 atom stereocenters. The molecule has 0 aliphatic carbocycles. The Morgan fingerprint density at radius 1 is 1.16 bits per heavy atom. The molecule has 0 fully saturated rings. The quantitative estimate of drug-likeness (QED) is 0.506. The molecule has 2 aromatic rings. The van der Waals surface area contributed by atoms with Crippen molar-refractivity contribution in [3.8, 4) is 5.75 Å². The Bertz CT molecular complexity index is 836. The number of nitrogen functional groups attached to an aromatic ring is 1. The van der Waals surface area contributed by atoms with Gasteiger partial charge in [0.15, 0.2) is 0 Å². The fraction of sp³-hybridized carbons (Fsp3) is 0.176. The number of aromatic nitrogens is 1. The van der Waals surface area contributed by atoms with Gasteiger partial charge in [-0.05, 0) is 36.2 Å². The molecule has 1 aromatic carbocycles. The zero-order valence-corrected chi connectivity index (χ0v) is 14.2. The lowest BCUT2D eigenvalue weighted by molar-refractivity contribution is -0.134. The fourth-order valence-electron chi connectivity index (χ4n) is 2.42. The number of rotatable bonds is 4. The van der Waals surface area contributed by atoms with E-state index in [9.17, 15) is 14.4 Å². The van der Waals surface area contributed by atoms with Gasteiger partial charge in [-0.15, -0.1) is 12.4 Å². The number of hydrogen-bond acceptors (Lipinski definition) is 6. The molecule has 1 aliphatic rings. The smallest absolute Gasteiger partial charge is 0.311 e. The van der Waals surface area contributed by atoms with E-state index in [1.165, 1.54) is 25.2 Å². The molecular formula is C17H16ClN3O4. The van der Waals surface area contributed by atoms with Crippen molar-refractivity contribution < 1.29 is 19.1 Å². The molecule has 2 heterocycles. The van der Waals surface area contributed by atoms with Gasteiger partial charge in [-0.2, -0.15) is 0 Å². The number of ether oxygens (including phenoxy) is 1.